The summed E-state index contributed by atoms with van der Waals surface area (Å²) in [6, 6.07) is 0.413. The van der Waals surface area contributed by atoms with E-state index in [4.69, 9.17) is 9.57 Å². The van der Waals surface area contributed by atoms with Crippen molar-refractivity contribution in [1.29, 1.82) is 0 Å². The molecule has 1 aromatic heterocycles. The molecular formula is C17H26N4O3. The van der Waals surface area contributed by atoms with Crippen LogP contribution in [-0.4, -0.2) is 64.1 Å². The van der Waals surface area contributed by atoms with Crippen molar-refractivity contribution in [2.24, 2.45) is 13.0 Å². The van der Waals surface area contributed by atoms with Gasteiger partial charge in [0.15, 0.2) is 0 Å². The third kappa shape index (κ3) is 3.20. The Bertz CT molecular complexity index is 584. The number of rotatable bonds is 3. The first-order chi connectivity index (χ1) is 11.7. The number of fused-ring (bicyclic) bond motifs is 1. The molecule has 24 heavy (non-hydrogen) atoms. The summed E-state index contributed by atoms with van der Waals surface area (Å²) in [5, 5.41) is 5.85. The van der Waals surface area contributed by atoms with E-state index < -0.39 is 0 Å². The molecule has 3 aliphatic heterocycles. The Hall–Kier alpha value is -1.44. The van der Waals surface area contributed by atoms with E-state index in [1.54, 1.807) is 5.06 Å². The number of piperidine rings is 1. The number of hydrogen-bond acceptors (Lipinski definition) is 5. The van der Waals surface area contributed by atoms with Crippen molar-refractivity contribution in [3.05, 3.63) is 18.0 Å². The summed E-state index contributed by atoms with van der Waals surface area (Å²) in [4.78, 5) is 20.8. The Kier molecular flexibility index (Phi) is 4.56. The molecule has 0 radical (unpaired) electrons. The minimum absolute atomic E-state index is 0.0425. The van der Waals surface area contributed by atoms with Crippen LogP contribution in [0, 0.1) is 5.92 Å². The van der Waals surface area contributed by atoms with Crippen molar-refractivity contribution in [3.8, 4) is 0 Å². The minimum Gasteiger partial charge on any atom is -0.377 e. The van der Waals surface area contributed by atoms with Gasteiger partial charge in [-0.05, 0) is 25.7 Å². The molecule has 0 saturated carbocycles. The van der Waals surface area contributed by atoms with Crippen LogP contribution in [0.4, 0.5) is 0 Å². The Morgan fingerprint density at radius 3 is 3.04 bits per heavy atom. The molecule has 0 N–H and O–H groups in total. The quantitative estimate of drug-likeness (QED) is 0.824. The molecule has 3 atom stereocenters. The predicted octanol–water partition coefficient (Wildman–Crippen LogP) is 0.953. The highest BCUT2D eigenvalue weighted by molar-refractivity contribution is 5.78. The highest BCUT2D eigenvalue weighted by Crippen LogP contribution is 2.33. The van der Waals surface area contributed by atoms with Crippen molar-refractivity contribution in [1.82, 2.24) is 19.7 Å². The maximum absolute atomic E-state index is 12.8. The van der Waals surface area contributed by atoms with Gasteiger partial charge < -0.3 is 4.74 Å². The van der Waals surface area contributed by atoms with E-state index in [2.05, 4.69) is 10.00 Å². The molecule has 7 nitrogen and oxygen atoms in total. The SMILES string of the molecule is Cn1cc(CN2C[C@@H](C(=O)N3CCCCO3)C[C@H]3OCC[C@H]32)cn1. The first-order valence-electron chi connectivity index (χ1n) is 8.98. The minimum atomic E-state index is -0.0425. The number of nitrogens with zero attached hydrogens (tertiary/aromatic N) is 4. The van der Waals surface area contributed by atoms with Crippen molar-refractivity contribution in [3.63, 3.8) is 0 Å². The van der Waals surface area contributed by atoms with Crippen LogP contribution in [-0.2, 0) is 28.0 Å². The molecule has 0 spiro atoms. The lowest BCUT2D eigenvalue weighted by molar-refractivity contribution is -0.204. The van der Waals surface area contributed by atoms with Crippen LogP contribution < -0.4 is 0 Å². The van der Waals surface area contributed by atoms with Crippen LogP contribution >= 0.6 is 0 Å². The van der Waals surface area contributed by atoms with E-state index in [1.165, 1.54) is 5.56 Å². The van der Waals surface area contributed by atoms with Crippen LogP contribution in [0.3, 0.4) is 0 Å². The molecule has 132 valence electrons. The Morgan fingerprint density at radius 2 is 2.29 bits per heavy atom. The molecule has 4 rings (SSSR count). The monoisotopic (exact) mass is 334 g/mol. The highest BCUT2D eigenvalue weighted by Gasteiger charge is 2.43. The average Bonchev–Trinajstić information content (AvgIpc) is 3.24. The summed E-state index contributed by atoms with van der Waals surface area (Å²) >= 11 is 0. The molecule has 3 saturated heterocycles. The van der Waals surface area contributed by atoms with Crippen molar-refractivity contribution >= 4 is 5.91 Å². The lowest BCUT2D eigenvalue weighted by atomic mass is 9.89. The first-order valence-corrected chi connectivity index (χ1v) is 8.98. The summed E-state index contributed by atoms with van der Waals surface area (Å²) < 4.78 is 7.75. The fourth-order valence-electron chi connectivity index (χ4n) is 4.18. The van der Waals surface area contributed by atoms with Gasteiger partial charge in [-0.15, -0.1) is 0 Å². The number of ether oxygens (including phenoxy) is 1. The fourth-order valence-corrected chi connectivity index (χ4v) is 4.18. The second-order valence-electron chi connectivity index (χ2n) is 7.13. The Labute approximate surface area is 142 Å². The van der Waals surface area contributed by atoms with Gasteiger partial charge in [-0.2, -0.15) is 5.10 Å². The van der Waals surface area contributed by atoms with Gasteiger partial charge >= 0.3 is 0 Å². The second kappa shape index (κ2) is 6.82. The zero-order valence-corrected chi connectivity index (χ0v) is 14.3. The summed E-state index contributed by atoms with van der Waals surface area (Å²) in [5.41, 5.74) is 1.19. The Morgan fingerprint density at radius 1 is 1.38 bits per heavy atom. The summed E-state index contributed by atoms with van der Waals surface area (Å²) in [7, 11) is 1.93. The third-order valence-electron chi connectivity index (χ3n) is 5.36. The molecule has 0 unspecified atom stereocenters. The summed E-state index contributed by atoms with van der Waals surface area (Å²) in [6.07, 6.45) is 8.04. The van der Waals surface area contributed by atoms with Crippen molar-refractivity contribution in [2.45, 2.75) is 44.4 Å². The molecule has 0 aliphatic carbocycles. The van der Waals surface area contributed by atoms with E-state index in [9.17, 15) is 4.79 Å². The van der Waals surface area contributed by atoms with Crippen LogP contribution in [0.25, 0.3) is 0 Å². The topological polar surface area (TPSA) is 59.8 Å². The van der Waals surface area contributed by atoms with Gasteiger partial charge in [0.05, 0.1) is 24.8 Å². The molecule has 3 aliphatic rings. The van der Waals surface area contributed by atoms with Crippen molar-refractivity contribution < 1.29 is 14.4 Å². The zero-order valence-electron chi connectivity index (χ0n) is 14.3. The van der Waals surface area contributed by atoms with Crippen LogP contribution in [0.1, 0.15) is 31.2 Å². The first kappa shape index (κ1) is 16.1. The molecular weight excluding hydrogens is 308 g/mol. The summed E-state index contributed by atoms with van der Waals surface area (Å²) in [5.74, 6) is 0.0824. The standard InChI is InChI=1S/C17H26N4O3/c1-19-10-13(9-18-19)11-20-12-14(8-16-15(20)4-7-23-16)17(22)21-5-2-3-6-24-21/h9-10,14-16H,2-8,11-12H2,1H3/t14-,15+,16+/m0/s1. The molecule has 0 bridgehead atoms. The second-order valence-corrected chi connectivity index (χ2v) is 7.13. The highest BCUT2D eigenvalue weighted by atomic mass is 16.7. The lowest BCUT2D eigenvalue weighted by Gasteiger charge is -2.41. The van der Waals surface area contributed by atoms with Crippen molar-refractivity contribution in [2.75, 3.05) is 26.3 Å². The van der Waals surface area contributed by atoms with E-state index in [1.807, 2.05) is 24.1 Å². The molecule has 1 amide bonds. The van der Waals surface area contributed by atoms with E-state index in [0.29, 0.717) is 19.2 Å². The van der Waals surface area contributed by atoms with Gasteiger partial charge in [-0.1, -0.05) is 0 Å². The van der Waals surface area contributed by atoms with Crippen LogP contribution in [0.15, 0.2) is 12.4 Å². The zero-order chi connectivity index (χ0) is 16.5. The number of amides is 1. The smallest absolute Gasteiger partial charge is 0.250 e. The van der Waals surface area contributed by atoms with Crippen LogP contribution in [0.2, 0.25) is 0 Å². The third-order valence-corrected chi connectivity index (χ3v) is 5.36. The van der Waals surface area contributed by atoms with Gasteiger partial charge in [0, 0.05) is 51.1 Å². The van der Waals surface area contributed by atoms with E-state index in [-0.39, 0.29) is 17.9 Å². The summed E-state index contributed by atoms with van der Waals surface area (Å²) in [6.45, 7) is 3.76. The average molecular weight is 334 g/mol. The number of likely N-dealkylation sites (tertiary alicyclic amines) is 1. The number of aromatic nitrogens is 2. The van der Waals surface area contributed by atoms with Crippen LogP contribution in [0.5, 0.6) is 0 Å². The maximum Gasteiger partial charge on any atom is 0.250 e. The molecule has 0 aromatic carbocycles. The maximum atomic E-state index is 12.8. The number of carbonyl (C=O) groups is 1. The predicted molar refractivity (Wildman–Crippen MR) is 86.8 cm³/mol. The van der Waals surface area contributed by atoms with Gasteiger partial charge in [-0.3, -0.25) is 19.2 Å². The number of hydroxylamine groups is 2. The normalized spacial score (nSPS) is 31.2. The number of hydrogen-bond donors (Lipinski definition) is 0. The molecule has 3 fully saturated rings. The largest absolute Gasteiger partial charge is 0.377 e. The number of aryl methyl sites for hydroxylation is 1. The van der Waals surface area contributed by atoms with Gasteiger partial charge in [-0.25, -0.2) is 5.06 Å². The molecule has 4 heterocycles. The van der Waals surface area contributed by atoms with Gasteiger partial charge in [0.2, 0.25) is 0 Å². The van der Waals surface area contributed by atoms with Gasteiger partial charge in [0.25, 0.3) is 5.91 Å². The lowest BCUT2D eigenvalue weighted by Crippen LogP contribution is -2.53. The molecule has 7 heteroatoms. The molecule has 1 aromatic rings. The van der Waals surface area contributed by atoms with Gasteiger partial charge in [0.1, 0.15) is 0 Å². The Balaban J connectivity index is 1.47. The fraction of sp³-hybridized carbons (Fsp3) is 0.765. The van der Waals surface area contributed by atoms with E-state index >= 15 is 0 Å². The number of carbonyl (C=O) groups excluding carboxylic acids is 1. The van der Waals surface area contributed by atoms with E-state index in [0.717, 1.165) is 45.4 Å².